The van der Waals surface area contributed by atoms with Crippen LogP contribution in [0.1, 0.15) is 16.0 Å². The predicted molar refractivity (Wildman–Crippen MR) is 89.5 cm³/mol. The van der Waals surface area contributed by atoms with Gasteiger partial charge in [-0.25, -0.2) is 4.39 Å². The number of nitrogens with zero attached hydrogens (tertiary/aromatic N) is 1. The second-order valence-corrected chi connectivity index (χ2v) is 6.93. The van der Waals surface area contributed by atoms with E-state index in [0.29, 0.717) is 12.1 Å². The van der Waals surface area contributed by atoms with E-state index in [9.17, 15) is 4.39 Å². The summed E-state index contributed by atoms with van der Waals surface area (Å²) < 4.78 is 14.6. The average molecular weight is 373 g/mol. The molecule has 0 saturated carbocycles. The minimum atomic E-state index is -0.369. The minimum absolute atomic E-state index is 0.0918. The summed E-state index contributed by atoms with van der Waals surface area (Å²) in [4.78, 5) is 3.53. The monoisotopic (exact) mass is 372 g/mol. The minimum Gasteiger partial charge on any atom is -0.389 e. The Morgan fingerprint density at radius 1 is 1.40 bits per heavy atom. The van der Waals surface area contributed by atoms with E-state index in [-0.39, 0.29) is 10.8 Å². The van der Waals surface area contributed by atoms with E-state index in [2.05, 4.69) is 32.3 Å². The number of hydrogen-bond donors (Lipinski definition) is 1. The first-order valence-electron chi connectivity index (χ1n) is 5.95. The van der Waals surface area contributed by atoms with Gasteiger partial charge in [0.15, 0.2) is 0 Å². The van der Waals surface area contributed by atoms with Crippen molar-refractivity contribution in [1.29, 1.82) is 0 Å². The van der Waals surface area contributed by atoms with Gasteiger partial charge in [-0.05, 0) is 46.7 Å². The summed E-state index contributed by atoms with van der Waals surface area (Å²) in [5.41, 5.74) is 6.82. The fraction of sp³-hybridized carbons (Fsp3) is 0.214. The molecule has 0 fully saturated rings. The van der Waals surface area contributed by atoms with Crippen molar-refractivity contribution < 1.29 is 4.39 Å². The molecule has 1 aromatic heterocycles. The van der Waals surface area contributed by atoms with E-state index < -0.39 is 0 Å². The van der Waals surface area contributed by atoms with Gasteiger partial charge in [-0.3, -0.25) is 4.90 Å². The number of thiophene rings is 1. The highest BCUT2D eigenvalue weighted by Crippen LogP contribution is 2.21. The molecule has 1 aromatic carbocycles. The molecule has 0 radical (unpaired) electrons. The highest BCUT2D eigenvalue weighted by atomic mass is 79.9. The van der Waals surface area contributed by atoms with Crippen molar-refractivity contribution in [3.63, 3.8) is 0 Å². The number of nitrogens with two attached hydrogens (primary N) is 1. The summed E-state index contributed by atoms with van der Waals surface area (Å²) in [5, 5.41) is 2.06. The molecule has 0 amide bonds. The van der Waals surface area contributed by atoms with Crippen LogP contribution >= 0.6 is 39.5 Å². The van der Waals surface area contributed by atoms with Crippen molar-refractivity contribution in [3.05, 3.63) is 55.9 Å². The highest BCUT2D eigenvalue weighted by Gasteiger charge is 2.09. The van der Waals surface area contributed by atoms with Gasteiger partial charge < -0.3 is 5.73 Å². The van der Waals surface area contributed by atoms with E-state index in [0.717, 1.165) is 16.6 Å². The van der Waals surface area contributed by atoms with Crippen LogP contribution in [0.3, 0.4) is 0 Å². The molecular weight excluding hydrogens is 359 g/mol. The summed E-state index contributed by atoms with van der Waals surface area (Å²) in [5.74, 6) is -0.369. The van der Waals surface area contributed by atoms with Gasteiger partial charge in [0.2, 0.25) is 0 Å². The largest absolute Gasteiger partial charge is 0.389 e. The second-order valence-electron chi connectivity index (χ2n) is 4.58. The van der Waals surface area contributed by atoms with E-state index in [1.165, 1.54) is 10.9 Å². The van der Waals surface area contributed by atoms with Gasteiger partial charge in [-0.15, -0.1) is 11.3 Å². The normalized spacial score (nSPS) is 11.0. The van der Waals surface area contributed by atoms with Crippen LogP contribution in [0.4, 0.5) is 4.39 Å². The molecular formula is C14H14BrFN2S2. The Labute approximate surface area is 135 Å². The molecule has 2 rings (SSSR count). The van der Waals surface area contributed by atoms with Crippen molar-refractivity contribution in [2.75, 3.05) is 7.05 Å². The molecule has 2 N–H and O–H groups in total. The zero-order valence-electron chi connectivity index (χ0n) is 10.9. The number of hydrogen-bond acceptors (Lipinski definition) is 3. The van der Waals surface area contributed by atoms with E-state index in [1.54, 1.807) is 23.5 Å². The first-order valence-corrected chi connectivity index (χ1v) is 8.03. The van der Waals surface area contributed by atoms with Crippen LogP contribution in [-0.4, -0.2) is 16.9 Å². The molecule has 20 heavy (non-hydrogen) atoms. The fourth-order valence-corrected chi connectivity index (χ4v) is 3.62. The summed E-state index contributed by atoms with van der Waals surface area (Å²) in [6.07, 6.45) is 0. The molecule has 1 heterocycles. The van der Waals surface area contributed by atoms with Crippen molar-refractivity contribution in [2.45, 2.75) is 13.1 Å². The maximum atomic E-state index is 13.5. The number of benzene rings is 1. The molecule has 0 aliphatic rings. The lowest BCUT2D eigenvalue weighted by molar-refractivity contribution is 0.322. The number of rotatable bonds is 5. The van der Waals surface area contributed by atoms with Crippen LogP contribution in [-0.2, 0) is 13.1 Å². The Morgan fingerprint density at radius 3 is 2.75 bits per heavy atom. The molecule has 6 heteroatoms. The Hall–Kier alpha value is -0.820. The van der Waals surface area contributed by atoms with Crippen LogP contribution < -0.4 is 5.73 Å². The Balaban J connectivity index is 2.06. The molecule has 0 atom stereocenters. The van der Waals surface area contributed by atoms with Gasteiger partial charge >= 0.3 is 0 Å². The predicted octanol–water partition coefficient (Wildman–Crippen LogP) is 3.92. The molecule has 0 bridgehead atoms. The molecule has 0 aliphatic heterocycles. The standard InChI is InChI=1S/C14H14BrFN2S2/c1-18(7-11-5-10(15)8-20-11)6-9-2-3-13(16)12(4-9)14(17)19/h2-5,8H,6-7H2,1H3,(H2,17,19). The second kappa shape index (κ2) is 6.76. The summed E-state index contributed by atoms with van der Waals surface area (Å²) in [7, 11) is 2.03. The number of thiocarbonyl (C=S) groups is 1. The first kappa shape index (κ1) is 15.6. The SMILES string of the molecule is CN(Cc1ccc(F)c(C(N)=S)c1)Cc1cc(Br)cs1. The Kier molecular flexibility index (Phi) is 5.26. The first-order chi connectivity index (χ1) is 9.45. The van der Waals surface area contributed by atoms with Crippen LogP contribution in [0.2, 0.25) is 0 Å². The third-order valence-electron chi connectivity index (χ3n) is 2.80. The van der Waals surface area contributed by atoms with Crippen molar-refractivity contribution in [2.24, 2.45) is 5.73 Å². The molecule has 0 spiro atoms. The van der Waals surface area contributed by atoms with Gasteiger partial charge in [0.1, 0.15) is 10.8 Å². The zero-order chi connectivity index (χ0) is 14.7. The lowest BCUT2D eigenvalue weighted by atomic mass is 10.1. The van der Waals surface area contributed by atoms with Gasteiger partial charge in [-0.1, -0.05) is 18.3 Å². The highest BCUT2D eigenvalue weighted by molar-refractivity contribution is 9.10. The number of halogens is 2. The van der Waals surface area contributed by atoms with Crippen LogP contribution in [0.15, 0.2) is 34.1 Å². The Bertz CT molecular complexity index is 627. The molecule has 2 nitrogen and oxygen atoms in total. The van der Waals surface area contributed by atoms with Crippen LogP contribution in [0.5, 0.6) is 0 Å². The summed E-state index contributed by atoms with van der Waals surface area (Å²) in [6, 6.07) is 7.00. The van der Waals surface area contributed by atoms with Gasteiger partial charge in [0.05, 0.1) is 0 Å². The summed E-state index contributed by atoms with van der Waals surface area (Å²) in [6.45, 7) is 1.56. The Morgan fingerprint density at radius 2 is 2.15 bits per heavy atom. The third kappa shape index (κ3) is 4.09. The molecule has 2 aromatic rings. The van der Waals surface area contributed by atoms with Crippen molar-refractivity contribution >= 4 is 44.5 Å². The van der Waals surface area contributed by atoms with E-state index in [4.69, 9.17) is 18.0 Å². The molecule has 0 unspecified atom stereocenters. The smallest absolute Gasteiger partial charge is 0.133 e. The quantitative estimate of drug-likeness (QED) is 0.806. The van der Waals surface area contributed by atoms with E-state index in [1.807, 2.05) is 7.05 Å². The van der Waals surface area contributed by atoms with E-state index >= 15 is 0 Å². The zero-order valence-corrected chi connectivity index (χ0v) is 14.1. The maximum absolute atomic E-state index is 13.5. The van der Waals surface area contributed by atoms with Gasteiger partial charge in [0, 0.05) is 33.4 Å². The lowest BCUT2D eigenvalue weighted by Gasteiger charge is -2.16. The van der Waals surface area contributed by atoms with Gasteiger partial charge in [-0.2, -0.15) is 0 Å². The molecule has 0 aliphatic carbocycles. The summed E-state index contributed by atoms with van der Waals surface area (Å²) >= 11 is 10.0. The van der Waals surface area contributed by atoms with Gasteiger partial charge in [0.25, 0.3) is 0 Å². The average Bonchev–Trinajstić information content (AvgIpc) is 2.76. The van der Waals surface area contributed by atoms with Crippen LogP contribution in [0.25, 0.3) is 0 Å². The maximum Gasteiger partial charge on any atom is 0.133 e. The fourth-order valence-electron chi connectivity index (χ4n) is 1.93. The topological polar surface area (TPSA) is 29.3 Å². The van der Waals surface area contributed by atoms with Crippen molar-refractivity contribution in [1.82, 2.24) is 4.90 Å². The molecule has 0 saturated heterocycles. The third-order valence-corrected chi connectivity index (χ3v) is 4.70. The van der Waals surface area contributed by atoms with Crippen LogP contribution in [0, 0.1) is 5.82 Å². The van der Waals surface area contributed by atoms with Crippen molar-refractivity contribution in [3.8, 4) is 0 Å². The molecule has 106 valence electrons. The lowest BCUT2D eigenvalue weighted by Crippen LogP contribution is -2.18.